The third-order valence-corrected chi connectivity index (χ3v) is 7.19. The van der Waals surface area contributed by atoms with Crippen LogP contribution in [0.3, 0.4) is 0 Å². The van der Waals surface area contributed by atoms with Crippen LogP contribution >= 0.6 is 11.6 Å². The number of benzene rings is 2. The average molecular weight is 463 g/mol. The lowest BCUT2D eigenvalue weighted by atomic mass is 9.92. The molecule has 0 aromatic heterocycles. The van der Waals surface area contributed by atoms with E-state index >= 15 is 0 Å². The molecular weight excluding hydrogens is 444 g/mol. The minimum Gasteiger partial charge on any atom is -0.485 e. The monoisotopic (exact) mass is 462 g/mol. The summed E-state index contributed by atoms with van der Waals surface area (Å²) in [6, 6.07) is 8.54. The number of nitrogens with one attached hydrogen (secondary N) is 1. The standard InChI is InChI=1S/C21H19ClN2O6S/c22-15-9-19(30-18-6-5-17(18)25)16(7-13(15)10-23)24-31(28,29)20-8-12(21(26)27)3-4-14(20)11-1-2-11/h3-4,7-9,11,17-18,24-25H,1-2,5-6H2,(H,26,27)/t17-,18+/m0/s1. The van der Waals surface area contributed by atoms with Crippen molar-refractivity contribution in [3.63, 3.8) is 0 Å². The number of carboxylic acid groups (broad SMARTS) is 1. The number of aliphatic hydroxyl groups is 1. The van der Waals surface area contributed by atoms with Gasteiger partial charge in [0, 0.05) is 6.07 Å². The molecule has 2 aromatic rings. The van der Waals surface area contributed by atoms with Crippen molar-refractivity contribution in [3.05, 3.63) is 52.0 Å². The van der Waals surface area contributed by atoms with Crippen LogP contribution in [0.15, 0.2) is 35.2 Å². The second kappa shape index (κ2) is 8.04. The number of carbonyl (C=O) groups is 1. The van der Waals surface area contributed by atoms with E-state index in [0.29, 0.717) is 18.4 Å². The van der Waals surface area contributed by atoms with Gasteiger partial charge in [-0.2, -0.15) is 5.26 Å². The number of carboxylic acids is 1. The highest BCUT2D eigenvalue weighted by atomic mass is 35.5. The van der Waals surface area contributed by atoms with Gasteiger partial charge < -0.3 is 14.9 Å². The van der Waals surface area contributed by atoms with E-state index in [9.17, 15) is 28.7 Å². The molecule has 2 fully saturated rings. The second-order valence-electron chi connectivity index (χ2n) is 7.68. The number of aliphatic hydroxyl groups excluding tert-OH is 1. The van der Waals surface area contributed by atoms with E-state index in [4.69, 9.17) is 16.3 Å². The highest BCUT2D eigenvalue weighted by Gasteiger charge is 2.34. The SMILES string of the molecule is N#Cc1cc(NS(=O)(=O)c2cc(C(=O)O)ccc2C2CC2)c(O[C@@H]2CC[C@@H]2O)cc1Cl. The summed E-state index contributed by atoms with van der Waals surface area (Å²) in [5.41, 5.74) is 0.432. The lowest BCUT2D eigenvalue weighted by Gasteiger charge is -2.33. The Morgan fingerprint density at radius 2 is 1.94 bits per heavy atom. The van der Waals surface area contributed by atoms with E-state index in [-0.39, 0.29) is 38.4 Å². The van der Waals surface area contributed by atoms with Gasteiger partial charge in [0.25, 0.3) is 10.0 Å². The number of anilines is 1. The van der Waals surface area contributed by atoms with Gasteiger partial charge in [-0.05, 0) is 55.4 Å². The summed E-state index contributed by atoms with van der Waals surface area (Å²) in [5.74, 6) is -1.10. The molecule has 0 heterocycles. The molecule has 0 bridgehead atoms. The van der Waals surface area contributed by atoms with Gasteiger partial charge in [0.1, 0.15) is 17.9 Å². The molecule has 0 amide bonds. The Labute approximate surface area is 184 Å². The van der Waals surface area contributed by atoms with Gasteiger partial charge in [-0.25, -0.2) is 13.2 Å². The maximum Gasteiger partial charge on any atom is 0.335 e. The first kappa shape index (κ1) is 21.4. The van der Waals surface area contributed by atoms with Gasteiger partial charge in [-0.15, -0.1) is 0 Å². The molecule has 4 rings (SSSR count). The van der Waals surface area contributed by atoms with E-state index in [2.05, 4.69) is 4.72 Å². The van der Waals surface area contributed by atoms with Gasteiger partial charge in [0.15, 0.2) is 0 Å². The van der Waals surface area contributed by atoms with Crippen LogP contribution in [0.5, 0.6) is 5.75 Å². The van der Waals surface area contributed by atoms with Crippen LogP contribution in [0.4, 0.5) is 5.69 Å². The van der Waals surface area contributed by atoms with E-state index in [1.54, 1.807) is 0 Å². The van der Waals surface area contributed by atoms with Crippen LogP contribution in [-0.2, 0) is 10.0 Å². The van der Waals surface area contributed by atoms with Crippen molar-refractivity contribution in [1.82, 2.24) is 0 Å². The summed E-state index contributed by atoms with van der Waals surface area (Å²) in [5, 5.41) is 28.5. The number of nitriles is 1. The number of aromatic carboxylic acids is 1. The lowest BCUT2D eigenvalue weighted by Crippen LogP contribution is -2.41. The molecule has 8 nitrogen and oxygen atoms in total. The van der Waals surface area contributed by atoms with E-state index in [0.717, 1.165) is 18.9 Å². The Morgan fingerprint density at radius 1 is 1.19 bits per heavy atom. The average Bonchev–Trinajstić information content (AvgIpc) is 3.57. The molecule has 31 heavy (non-hydrogen) atoms. The van der Waals surface area contributed by atoms with Crippen LogP contribution in [0, 0.1) is 11.3 Å². The maximum absolute atomic E-state index is 13.3. The van der Waals surface area contributed by atoms with Crippen LogP contribution in [0.25, 0.3) is 0 Å². The third-order valence-electron chi connectivity index (χ3n) is 5.46. The largest absolute Gasteiger partial charge is 0.485 e. The summed E-state index contributed by atoms with van der Waals surface area (Å²) in [7, 11) is -4.21. The molecule has 162 valence electrons. The zero-order chi connectivity index (χ0) is 22.3. The quantitative estimate of drug-likeness (QED) is 0.572. The van der Waals surface area contributed by atoms with E-state index in [1.807, 2.05) is 6.07 Å². The summed E-state index contributed by atoms with van der Waals surface area (Å²) < 4.78 is 34.7. The Bertz CT molecular complexity index is 1200. The molecule has 0 spiro atoms. The molecule has 2 aliphatic rings. The smallest absolute Gasteiger partial charge is 0.335 e. The molecule has 0 saturated heterocycles. The van der Waals surface area contributed by atoms with Crippen molar-refractivity contribution < 1.29 is 28.2 Å². The van der Waals surface area contributed by atoms with Gasteiger partial charge >= 0.3 is 5.97 Å². The normalized spacial score (nSPS) is 20.4. The number of ether oxygens (including phenoxy) is 1. The fourth-order valence-electron chi connectivity index (χ4n) is 3.40. The Morgan fingerprint density at radius 3 is 2.48 bits per heavy atom. The Hall–Kier alpha value is -2.80. The zero-order valence-corrected chi connectivity index (χ0v) is 17.8. The predicted molar refractivity (Wildman–Crippen MR) is 112 cm³/mol. The number of sulfonamides is 1. The number of rotatable bonds is 7. The first-order chi connectivity index (χ1) is 14.7. The van der Waals surface area contributed by atoms with Crippen molar-refractivity contribution in [2.24, 2.45) is 0 Å². The molecule has 2 aromatic carbocycles. The van der Waals surface area contributed by atoms with Crippen LogP contribution in [-0.4, -0.2) is 36.8 Å². The molecule has 0 radical (unpaired) electrons. The first-order valence-corrected chi connectivity index (χ1v) is 11.5. The van der Waals surface area contributed by atoms with Crippen LogP contribution in [0.2, 0.25) is 5.02 Å². The Kier molecular flexibility index (Phi) is 5.56. The van der Waals surface area contributed by atoms with Crippen molar-refractivity contribution in [1.29, 1.82) is 5.26 Å². The van der Waals surface area contributed by atoms with Crippen molar-refractivity contribution in [2.75, 3.05) is 4.72 Å². The molecular formula is C21H19ClN2O6S. The number of hydrogen-bond donors (Lipinski definition) is 3. The first-order valence-electron chi connectivity index (χ1n) is 9.68. The van der Waals surface area contributed by atoms with E-state index in [1.165, 1.54) is 24.3 Å². The molecule has 3 N–H and O–H groups in total. The molecule has 0 aliphatic heterocycles. The second-order valence-corrected chi connectivity index (χ2v) is 9.74. The molecule has 10 heteroatoms. The molecule has 2 atom stereocenters. The summed E-state index contributed by atoms with van der Waals surface area (Å²) in [6.45, 7) is 0. The number of nitrogens with zero attached hydrogens (tertiary/aromatic N) is 1. The van der Waals surface area contributed by atoms with Crippen molar-refractivity contribution >= 4 is 33.3 Å². The van der Waals surface area contributed by atoms with Gasteiger partial charge in [0.05, 0.1) is 32.8 Å². The van der Waals surface area contributed by atoms with Crippen LogP contribution in [0.1, 0.15) is 53.1 Å². The summed E-state index contributed by atoms with van der Waals surface area (Å²) >= 11 is 6.09. The van der Waals surface area contributed by atoms with Gasteiger partial charge in [-0.1, -0.05) is 17.7 Å². The molecule has 0 unspecified atom stereocenters. The minimum atomic E-state index is -4.21. The number of hydrogen-bond acceptors (Lipinski definition) is 6. The number of halogens is 1. The topological polar surface area (TPSA) is 137 Å². The molecule has 2 aliphatic carbocycles. The van der Waals surface area contributed by atoms with Crippen molar-refractivity contribution in [2.45, 2.75) is 48.7 Å². The minimum absolute atomic E-state index is 0.0116. The van der Waals surface area contributed by atoms with Gasteiger partial charge in [-0.3, -0.25) is 4.72 Å². The Balaban J connectivity index is 1.75. The summed E-state index contributed by atoms with van der Waals surface area (Å²) in [4.78, 5) is 11.3. The zero-order valence-electron chi connectivity index (χ0n) is 16.2. The predicted octanol–water partition coefficient (Wildman–Crippen LogP) is 3.49. The summed E-state index contributed by atoms with van der Waals surface area (Å²) in [6.07, 6.45) is 1.63. The maximum atomic E-state index is 13.3. The third kappa shape index (κ3) is 4.32. The van der Waals surface area contributed by atoms with Gasteiger partial charge in [0.2, 0.25) is 0 Å². The highest BCUT2D eigenvalue weighted by molar-refractivity contribution is 7.92. The fourth-order valence-corrected chi connectivity index (χ4v) is 4.98. The highest BCUT2D eigenvalue weighted by Crippen LogP contribution is 2.44. The fraction of sp³-hybridized carbons (Fsp3) is 0.333. The molecule has 2 saturated carbocycles. The van der Waals surface area contributed by atoms with E-state index < -0.39 is 28.2 Å². The van der Waals surface area contributed by atoms with Crippen LogP contribution < -0.4 is 9.46 Å². The van der Waals surface area contributed by atoms with Crippen molar-refractivity contribution in [3.8, 4) is 11.8 Å². The lowest BCUT2D eigenvalue weighted by molar-refractivity contribution is -0.0357.